The molecule has 0 spiro atoms. The van der Waals surface area contributed by atoms with Crippen molar-refractivity contribution in [3.05, 3.63) is 36.7 Å². The molecule has 1 unspecified atom stereocenters. The number of carbonyl (C=O) groups excluding carboxylic acids is 1. The molecule has 0 saturated heterocycles. The van der Waals surface area contributed by atoms with E-state index in [2.05, 4.69) is 20.8 Å². The topological polar surface area (TPSA) is 92.1 Å². The zero-order chi connectivity index (χ0) is 15.1. The summed E-state index contributed by atoms with van der Waals surface area (Å²) in [4.78, 5) is 13.3. The molecule has 21 heavy (non-hydrogen) atoms. The molecule has 1 atom stereocenters. The van der Waals surface area contributed by atoms with Gasteiger partial charge in [-0.2, -0.15) is 15.0 Å². The Kier molecular flexibility index (Phi) is 5.28. The van der Waals surface area contributed by atoms with Crippen molar-refractivity contribution in [1.29, 1.82) is 0 Å². The van der Waals surface area contributed by atoms with Crippen LogP contribution >= 0.6 is 0 Å². The van der Waals surface area contributed by atoms with E-state index in [-0.39, 0.29) is 18.7 Å². The minimum absolute atomic E-state index is 0.0182. The van der Waals surface area contributed by atoms with Gasteiger partial charge in [0.1, 0.15) is 0 Å². The molecule has 2 rings (SSSR count). The van der Waals surface area contributed by atoms with E-state index in [0.717, 1.165) is 12.1 Å². The number of nitrogens with one attached hydrogen (secondary N) is 2. The van der Waals surface area contributed by atoms with Gasteiger partial charge in [0.2, 0.25) is 0 Å². The minimum Gasteiger partial charge on any atom is -0.396 e. The van der Waals surface area contributed by atoms with Gasteiger partial charge >= 0.3 is 6.03 Å². The Bertz CT molecular complexity index is 553. The molecule has 1 heterocycles. The lowest BCUT2D eigenvalue weighted by Crippen LogP contribution is -2.36. The zero-order valence-electron chi connectivity index (χ0n) is 11.9. The van der Waals surface area contributed by atoms with Gasteiger partial charge in [0.05, 0.1) is 18.1 Å². The van der Waals surface area contributed by atoms with Gasteiger partial charge in [0.25, 0.3) is 0 Å². The Labute approximate surface area is 123 Å². The molecule has 0 radical (unpaired) electrons. The smallest absolute Gasteiger partial charge is 0.319 e. The van der Waals surface area contributed by atoms with Crippen LogP contribution in [0.4, 0.5) is 10.5 Å². The first-order valence-corrected chi connectivity index (χ1v) is 6.84. The first kappa shape index (κ1) is 15.0. The second-order valence-corrected chi connectivity index (χ2v) is 4.73. The van der Waals surface area contributed by atoms with Crippen molar-refractivity contribution in [3.63, 3.8) is 0 Å². The number of anilines is 1. The first-order valence-electron chi connectivity index (χ1n) is 6.84. The normalized spacial score (nSPS) is 11.9. The maximum Gasteiger partial charge on any atom is 0.319 e. The van der Waals surface area contributed by atoms with Crippen LogP contribution in [0.5, 0.6) is 0 Å². The lowest BCUT2D eigenvalue weighted by molar-refractivity contribution is 0.245. The van der Waals surface area contributed by atoms with E-state index < -0.39 is 0 Å². The van der Waals surface area contributed by atoms with E-state index in [1.54, 1.807) is 24.5 Å². The van der Waals surface area contributed by atoms with E-state index >= 15 is 0 Å². The number of hydrogen-bond acceptors (Lipinski definition) is 4. The van der Waals surface area contributed by atoms with Crippen LogP contribution in [0.2, 0.25) is 0 Å². The molecule has 7 heteroatoms. The van der Waals surface area contributed by atoms with Crippen molar-refractivity contribution in [2.24, 2.45) is 0 Å². The van der Waals surface area contributed by atoms with Crippen LogP contribution in [-0.2, 0) is 0 Å². The highest BCUT2D eigenvalue weighted by atomic mass is 16.3. The highest BCUT2D eigenvalue weighted by molar-refractivity contribution is 5.89. The molecular formula is C14H19N5O2. The maximum absolute atomic E-state index is 11.8. The van der Waals surface area contributed by atoms with Crippen LogP contribution in [0, 0.1) is 0 Å². The fraction of sp³-hybridized carbons (Fsp3) is 0.357. The molecule has 0 aliphatic carbocycles. The fourth-order valence-corrected chi connectivity index (χ4v) is 1.89. The second-order valence-electron chi connectivity index (χ2n) is 4.73. The molecule has 0 aliphatic rings. The van der Waals surface area contributed by atoms with Crippen molar-refractivity contribution in [2.75, 3.05) is 11.9 Å². The Morgan fingerprint density at radius 3 is 2.57 bits per heavy atom. The number of nitrogens with zero attached hydrogens (tertiary/aromatic N) is 3. The molecule has 3 N–H and O–H groups in total. The van der Waals surface area contributed by atoms with Gasteiger partial charge < -0.3 is 15.7 Å². The first-order chi connectivity index (χ1) is 10.2. The quantitative estimate of drug-likeness (QED) is 0.752. The summed E-state index contributed by atoms with van der Waals surface area (Å²) in [6, 6.07) is 6.98. The number of carbonyl (C=O) groups is 1. The van der Waals surface area contributed by atoms with E-state index in [0.29, 0.717) is 12.1 Å². The minimum atomic E-state index is -0.259. The van der Waals surface area contributed by atoms with Crippen LogP contribution < -0.4 is 10.6 Å². The molecule has 112 valence electrons. The number of hydrogen-bond donors (Lipinski definition) is 3. The number of aromatic nitrogens is 3. The molecule has 2 aromatic rings. The number of rotatable bonds is 6. The Morgan fingerprint density at radius 2 is 1.95 bits per heavy atom. The summed E-state index contributed by atoms with van der Waals surface area (Å²) in [5, 5.41) is 22.4. The highest BCUT2D eigenvalue weighted by Gasteiger charge is 2.07. The van der Waals surface area contributed by atoms with Crippen molar-refractivity contribution in [1.82, 2.24) is 20.3 Å². The lowest BCUT2D eigenvalue weighted by Gasteiger charge is -2.14. The SMILES string of the molecule is CC(CCCO)NC(=O)Nc1ccc(-n2nccn2)cc1. The summed E-state index contributed by atoms with van der Waals surface area (Å²) >= 11 is 0. The number of amides is 2. The highest BCUT2D eigenvalue weighted by Crippen LogP contribution is 2.11. The van der Waals surface area contributed by atoms with Crippen LogP contribution in [-0.4, -0.2) is 38.8 Å². The predicted molar refractivity (Wildman–Crippen MR) is 79.3 cm³/mol. The molecule has 1 aromatic carbocycles. The molecular weight excluding hydrogens is 270 g/mol. The van der Waals surface area contributed by atoms with Gasteiger partial charge in [-0.05, 0) is 44.0 Å². The molecule has 0 saturated carbocycles. The van der Waals surface area contributed by atoms with E-state index in [4.69, 9.17) is 5.11 Å². The summed E-state index contributed by atoms with van der Waals surface area (Å²) in [5.74, 6) is 0. The zero-order valence-corrected chi connectivity index (χ0v) is 11.9. The maximum atomic E-state index is 11.8. The van der Waals surface area contributed by atoms with Crippen LogP contribution in [0.25, 0.3) is 5.69 Å². The number of aliphatic hydroxyl groups is 1. The second kappa shape index (κ2) is 7.39. The third-order valence-electron chi connectivity index (χ3n) is 2.95. The van der Waals surface area contributed by atoms with E-state index in [1.807, 2.05) is 19.1 Å². The molecule has 1 aromatic heterocycles. The van der Waals surface area contributed by atoms with Crippen LogP contribution in [0.15, 0.2) is 36.7 Å². The largest absolute Gasteiger partial charge is 0.396 e. The standard InChI is InChI=1S/C14H19N5O2/c1-11(3-2-10-20)17-14(21)18-12-4-6-13(7-5-12)19-15-8-9-16-19/h4-9,11,20H,2-3,10H2,1H3,(H2,17,18,21). The van der Waals surface area contributed by atoms with Gasteiger partial charge in [0.15, 0.2) is 0 Å². The van der Waals surface area contributed by atoms with Gasteiger partial charge in [-0.15, -0.1) is 0 Å². The van der Waals surface area contributed by atoms with E-state index in [1.165, 1.54) is 4.80 Å². The third-order valence-corrected chi connectivity index (χ3v) is 2.95. The number of aliphatic hydroxyl groups excluding tert-OH is 1. The summed E-state index contributed by atoms with van der Waals surface area (Å²) in [6.45, 7) is 2.04. The van der Waals surface area contributed by atoms with Crippen LogP contribution in [0.1, 0.15) is 19.8 Å². The van der Waals surface area contributed by atoms with Crippen molar-refractivity contribution >= 4 is 11.7 Å². The predicted octanol–water partition coefficient (Wildman–Crippen LogP) is 1.55. The third kappa shape index (κ3) is 4.57. The van der Waals surface area contributed by atoms with Crippen molar-refractivity contribution < 1.29 is 9.90 Å². The molecule has 2 amide bonds. The summed E-state index contributed by atoms with van der Waals surface area (Å²) < 4.78 is 0. The average molecular weight is 289 g/mol. The summed E-state index contributed by atoms with van der Waals surface area (Å²) in [7, 11) is 0. The Hall–Kier alpha value is -2.41. The van der Waals surface area contributed by atoms with Crippen molar-refractivity contribution in [3.8, 4) is 5.69 Å². The molecule has 7 nitrogen and oxygen atoms in total. The Morgan fingerprint density at radius 1 is 1.29 bits per heavy atom. The van der Waals surface area contributed by atoms with Crippen LogP contribution in [0.3, 0.4) is 0 Å². The van der Waals surface area contributed by atoms with Gasteiger partial charge in [-0.25, -0.2) is 4.79 Å². The monoisotopic (exact) mass is 289 g/mol. The number of benzene rings is 1. The lowest BCUT2D eigenvalue weighted by atomic mass is 10.2. The average Bonchev–Trinajstić information content (AvgIpc) is 3.00. The van der Waals surface area contributed by atoms with Crippen molar-refractivity contribution in [2.45, 2.75) is 25.8 Å². The molecule has 0 bridgehead atoms. The molecule has 0 fully saturated rings. The van der Waals surface area contributed by atoms with Gasteiger partial charge in [-0.1, -0.05) is 0 Å². The summed E-state index contributed by atoms with van der Waals surface area (Å²) in [5.41, 5.74) is 1.51. The van der Waals surface area contributed by atoms with Gasteiger partial charge in [0, 0.05) is 18.3 Å². The Balaban J connectivity index is 1.87. The van der Waals surface area contributed by atoms with Gasteiger partial charge in [-0.3, -0.25) is 0 Å². The fourth-order valence-electron chi connectivity index (χ4n) is 1.89. The molecule has 0 aliphatic heterocycles. The number of urea groups is 1. The summed E-state index contributed by atoms with van der Waals surface area (Å²) in [6.07, 6.45) is 4.63. The van der Waals surface area contributed by atoms with E-state index in [9.17, 15) is 4.79 Å².